The van der Waals surface area contributed by atoms with Crippen LogP contribution in [0.3, 0.4) is 0 Å². The Morgan fingerprint density at radius 2 is 2.05 bits per heavy atom. The summed E-state index contributed by atoms with van der Waals surface area (Å²) < 4.78 is 2.96. The molecule has 1 heterocycles. The van der Waals surface area contributed by atoms with Gasteiger partial charge in [-0.25, -0.2) is 4.68 Å². The second-order valence-electron chi connectivity index (χ2n) is 4.36. The first-order valence-electron chi connectivity index (χ1n) is 6.36. The number of rotatable bonds is 4. The molecule has 0 aliphatic heterocycles. The van der Waals surface area contributed by atoms with Crippen molar-refractivity contribution in [1.82, 2.24) is 9.78 Å². The van der Waals surface area contributed by atoms with Crippen LogP contribution in [0.4, 0.5) is 5.69 Å². The van der Waals surface area contributed by atoms with Crippen LogP contribution in [-0.2, 0) is 6.54 Å². The van der Waals surface area contributed by atoms with Gasteiger partial charge in [-0.1, -0.05) is 22.9 Å². The molecule has 2 rings (SSSR count). The van der Waals surface area contributed by atoms with E-state index in [1.165, 1.54) is 16.8 Å². The number of benzene rings is 1. The molecule has 0 unspecified atom stereocenters. The first kappa shape index (κ1) is 15.9. The van der Waals surface area contributed by atoms with E-state index < -0.39 is 0 Å². The average molecular weight is 415 g/mol. The number of carbonyl (C=O) groups is 1. The smallest absolute Gasteiger partial charge is 0.276 e. The van der Waals surface area contributed by atoms with Gasteiger partial charge in [-0.15, -0.1) is 0 Å². The van der Waals surface area contributed by atoms with Crippen molar-refractivity contribution in [3.8, 4) is 0 Å². The second kappa shape index (κ2) is 7.00. The number of amides is 1. The fourth-order valence-electron chi connectivity index (χ4n) is 1.72. The van der Waals surface area contributed by atoms with E-state index in [0.717, 1.165) is 15.4 Å². The van der Waals surface area contributed by atoms with Crippen molar-refractivity contribution in [2.45, 2.75) is 19.9 Å². The molecule has 0 spiro atoms. The molecule has 2 aromatic rings. The minimum absolute atomic E-state index is 0.206. The third kappa shape index (κ3) is 4.01. The van der Waals surface area contributed by atoms with Gasteiger partial charge in [0.1, 0.15) is 5.69 Å². The zero-order valence-corrected chi connectivity index (χ0v) is 14.4. The summed E-state index contributed by atoms with van der Waals surface area (Å²) in [6, 6.07) is 8.21. The van der Waals surface area contributed by atoms with Gasteiger partial charge in [-0.2, -0.15) is 5.10 Å². The zero-order valence-electron chi connectivity index (χ0n) is 11.3. The number of nitrogens with zero attached hydrogens (tertiary/aromatic N) is 2. The SMILES string of the molecule is CCCn1nc(C(=O)Nc2ccc(Br)cc2Br)ccc1=O. The van der Waals surface area contributed by atoms with Crippen molar-refractivity contribution in [1.29, 1.82) is 0 Å². The molecule has 1 amide bonds. The molecule has 0 bridgehead atoms. The monoisotopic (exact) mass is 413 g/mol. The molecule has 0 atom stereocenters. The predicted molar refractivity (Wildman–Crippen MR) is 88.6 cm³/mol. The molecule has 0 saturated heterocycles. The molecule has 0 aliphatic carbocycles. The number of anilines is 1. The molecule has 7 heteroatoms. The third-order valence-electron chi connectivity index (χ3n) is 2.71. The van der Waals surface area contributed by atoms with Gasteiger partial charge in [0, 0.05) is 21.6 Å². The third-order valence-corrected chi connectivity index (χ3v) is 3.86. The highest BCUT2D eigenvalue weighted by Crippen LogP contribution is 2.26. The number of hydrogen-bond acceptors (Lipinski definition) is 3. The Hall–Kier alpha value is -1.47. The van der Waals surface area contributed by atoms with E-state index in [1.54, 1.807) is 6.07 Å². The summed E-state index contributed by atoms with van der Waals surface area (Å²) in [5.74, 6) is -0.358. The van der Waals surface area contributed by atoms with Crippen LogP contribution < -0.4 is 10.9 Å². The highest BCUT2D eigenvalue weighted by atomic mass is 79.9. The largest absolute Gasteiger partial charge is 0.320 e. The molecule has 1 N–H and O–H groups in total. The number of hydrogen-bond donors (Lipinski definition) is 1. The lowest BCUT2D eigenvalue weighted by Crippen LogP contribution is -2.26. The number of nitrogens with one attached hydrogen (secondary N) is 1. The topological polar surface area (TPSA) is 64.0 Å². The Morgan fingerprint density at radius 1 is 1.29 bits per heavy atom. The van der Waals surface area contributed by atoms with Crippen LogP contribution in [0.1, 0.15) is 23.8 Å². The van der Waals surface area contributed by atoms with Crippen LogP contribution >= 0.6 is 31.9 Å². The summed E-state index contributed by atoms with van der Waals surface area (Å²) in [4.78, 5) is 23.8. The standard InChI is InChI=1S/C14H13Br2N3O2/c1-2-7-19-13(20)6-5-12(18-19)14(21)17-11-4-3-9(15)8-10(11)16/h3-6,8H,2,7H2,1H3,(H,17,21). The number of carbonyl (C=O) groups excluding carboxylic acids is 1. The van der Waals surface area contributed by atoms with Gasteiger partial charge in [-0.3, -0.25) is 9.59 Å². The van der Waals surface area contributed by atoms with Crippen molar-refractivity contribution in [2.75, 3.05) is 5.32 Å². The van der Waals surface area contributed by atoms with Crippen LogP contribution in [0.15, 0.2) is 44.1 Å². The van der Waals surface area contributed by atoms with E-state index in [9.17, 15) is 9.59 Å². The summed E-state index contributed by atoms with van der Waals surface area (Å²) in [6.07, 6.45) is 0.774. The van der Waals surface area contributed by atoms with Crippen molar-refractivity contribution in [3.05, 3.63) is 55.3 Å². The molecule has 1 aromatic carbocycles. The maximum Gasteiger partial charge on any atom is 0.276 e. The Kier molecular flexibility index (Phi) is 5.30. The van der Waals surface area contributed by atoms with E-state index in [0.29, 0.717) is 12.2 Å². The maximum atomic E-state index is 12.2. The number of aromatic nitrogens is 2. The molecular weight excluding hydrogens is 402 g/mol. The van der Waals surface area contributed by atoms with Crippen molar-refractivity contribution in [2.24, 2.45) is 0 Å². The fourth-order valence-corrected chi connectivity index (χ4v) is 2.87. The van der Waals surface area contributed by atoms with Gasteiger partial charge >= 0.3 is 0 Å². The molecule has 5 nitrogen and oxygen atoms in total. The average Bonchev–Trinajstić information content (AvgIpc) is 2.44. The van der Waals surface area contributed by atoms with Gasteiger partial charge in [0.2, 0.25) is 0 Å². The Bertz CT molecular complexity index is 728. The zero-order chi connectivity index (χ0) is 15.4. The van der Waals surface area contributed by atoms with Crippen LogP contribution in [0, 0.1) is 0 Å². The lowest BCUT2D eigenvalue weighted by molar-refractivity contribution is 0.101. The summed E-state index contributed by atoms with van der Waals surface area (Å²) in [5.41, 5.74) is 0.634. The van der Waals surface area contributed by atoms with Gasteiger partial charge in [0.25, 0.3) is 11.5 Å². The molecule has 0 fully saturated rings. The van der Waals surface area contributed by atoms with Gasteiger partial charge in [-0.05, 0) is 46.6 Å². The van der Waals surface area contributed by atoms with Crippen molar-refractivity contribution in [3.63, 3.8) is 0 Å². The molecule has 0 saturated carbocycles. The maximum absolute atomic E-state index is 12.2. The fraction of sp³-hybridized carbons (Fsp3) is 0.214. The molecule has 0 radical (unpaired) electrons. The van der Waals surface area contributed by atoms with E-state index >= 15 is 0 Å². The minimum Gasteiger partial charge on any atom is -0.320 e. The Morgan fingerprint density at radius 3 is 2.71 bits per heavy atom. The van der Waals surface area contributed by atoms with E-state index in [4.69, 9.17) is 0 Å². The first-order chi connectivity index (χ1) is 10.0. The van der Waals surface area contributed by atoms with Crippen molar-refractivity contribution >= 4 is 43.5 Å². The second-order valence-corrected chi connectivity index (χ2v) is 6.13. The lowest BCUT2D eigenvalue weighted by Gasteiger charge is -2.08. The summed E-state index contributed by atoms with van der Waals surface area (Å²) in [6.45, 7) is 2.43. The van der Waals surface area contributed by atoms with Gasteiger partial charge in [0.15, 0.2) is 0 Å². The predicted octanol–water partition coefficient (Wildman–Crippen LogP) is 3.43. The molecule has 0 aliphatic rings. The molecule has 21 heavy (non-hydrogen) atoms. The van der Waals surface area contributed by atoms with Gasteiger partial charge in [0.05, 0.1) is 5.69 Å². The first-order valence-corrected chi connectivity index (χ1v) is 7.94. The van der Waals surface area contributed by atoms with E-state index in [-0.39, 0.29) is 17.2 Å². The summed E-state index contributed by atoms with van der Waals surface area (Å²) in [5, 5.41) is 6.83. The summed E-state index contributed by atoms with van der Waals surface area (Å²) in [7, 11) is 0. The quantitative estimate of drug-likeness (QED) is 0.833. The van der Waals surface area contributed by atoms with Crippen LogP contribution in [-0.4, -0.2) is 15.7 Å². The molecular formula is C14H13Br2N3O2. The van der Waals surface area contributed by atoms with Crippen LogP contribution in [0.25, 0.3) is 0 Å². The Labute approximate surface area is 138 Å². The molecule has 1 aromatic heterocycles. The highest BCUT2D eigenvalue weighted by Gasteiger charge is 2.11. The van der Waals surface area contributed by atoms with E-state index in [1.807, 2.05) is 19.1 Å². The normalized spacial score (nSPS) is 10.4. The van der Waals surface area contributed by atoms with Crippen molar-refractivity contribution < 1.29 is 4.79 Å². The van der Waals surface area contributed by atoms with Gasteiger partial charge < -0.3 is 5.32 Å². The van der Waals surface area contributed by atoms with Crippen LogP contribution in [0.2, 0.25) is 0 Å². The lowest BCUT2D eigenvalue weighted by atomic mass is 10.3. The highest BCUT2D eigenvalue weighted by molar-refractivity contribution is 9.11. The van der Waals surface area contributed by atoms with Crippen LogP contribution in [0.5, 0.6) is 0 Å². The molecule has 110 valence electrons. The minimum atomic E-state index is -0.358. The number of halogens is 2. The number of aryl methyl sites for hydroxylation is 1. The van der Waals surface area contributed by atoms with E-state index in [2.05, 4.69) is 42.3 Å². The summed E-state index contributed by atoms with van der Waals surface area (Å²) >= 11 is 6.73. The Balaban J connectivity index is 2.24.